The molecule has 0 saturated heterocycles. The number of halogens is 1. The standard InChI is InChI=1S/C10H10BrNO3/c1-15-10-5-4-9(12(13)14)7-8(10)3-2-6-11/h2-5,7H,6H2,1H3. The normalized spacial score (nSPS) is 10.5. The van der Waals surface area contributed by atoms with Crippen molar-refractivity contribution in [3.63, 3.8) is 0 Å². The fourth-order valence-electron chi connectivity index (χ4n) is 1.14. The molecule has 0 N–H and O–H groups in total. The molecule has 1 aromatic carbocycles. The summed E-state index contributed by atoms with van der Waals surface area (Å²) in [5.41, 5.74) is 0.760. The fraction of sp³-hybridized carbons (Fsp3) is 0.200. The highest BCUT2D eigenvalue weighted by molar-refractivity contribution is 9.09. The van der Waals surface area contributed by atoms with Crippen molar-refractivity contribution in [2.75, 3.05) is 12.4 Å². The fourth-order valence-corrected chi connectivity index (χ4v) is 1.32. The summed E-state index contributed by atoms with van der Waals surface area (Å²) in [5, 5.41) is 11.3. The number of allylic oxidation sites excluding steroid dienone is 1. The highest BCUT2D eigenvalue weighted by atomic mass is 79.9. The Balaban J connectivity index is 3.13. The molecular formula is C10H10BrNO3. The van der Waals surface area contributed by atoms with Crippen LogP contribution < -0.4 is 4.74 Å². The second-order valence-electron chi connectivity index (χ2n) is 2.74. The van der Waals surface area contributed by atoms with Crippen molar-refractivity contribution in [1.82, 2.24) is 0 Å². The predicted octanol–water partition coefficient (Wildman–Crippen LogP) is 3.01. The lowest BCUT2D eigenvalue weighted by Gasteiger charge is -2.03. The van der Waals surface area contributed by atoms with E-state index in [-0.39, 0.29) is 5.69 Å². The first-order chi connectivity index (χ1) is 7.19. The lowest BCUT2D eigenvalue weighted by Crippen LogP contribution is -1.91. The van der Waals surface area contributed by atoms with Gasteiger partial charge in [-0.05, 0) is 6.07 Å². The Labute approximate surface area is 95.8 Å². The van der Waals surface area contributed by atoms with Crippen LogP contribution in [0.5, 0.6) is 5.75 Å². The number of nitro benzene ring substituents is 1. The maximum absolute atomic E-state index is 10.6. The lowest BCUT2D eigenvalue weighted by atomic mass is 10.1. The minimum absolute atomic E-state index is 0.0602. The summed E-state index contributed by atoms with van der Waals surface area (Å²) in [6.07, 6.45) is 3.63. The number of alkyl halides is 1. The van der Waals surface area contributed by atoms with Crippen molar-refractivity contribution in [3.05, 3.63) is 40.0 Å². The average Bonchev–Trinajstić information content (AvgIpc) is 2.25. The number of methoxy groups -OCH3 is 1. The number of rotatable bonds is 4. The molecule has 1 aromatic rings. The van der Waals surface area contributed by atoms with E-state index in [0.29, 0.717) is 16.6 Å². The van der Waals surface area contributed by atoms with Gasteiger partial charge in [0.2, 0.25) is 0 Å². The number of nitro groups is 1. The minimum atomic E-state index is -0.426. The molecular weight excluding hydrogens is 262 g/mol. The third-order valence-electron chi connectivity index (χ3n) is 1.81. The lowest BCUT2D eigenvalue weighted by molar-refractivity contribution is -0.384. The third-order valence-corrected chi connectivity index (χ3v) is 2.18. The van der Waals surface area contributed by atoms with Crippen LogP contribution in [-0.2, 0) is 0 Å². The smallest absolute Gasteiger partial charge is 0.270 e. The minimum Gasteiger partial charge on any atom is -0.496 e. The van der Waals surface area contributed by atoms with Gasteiger partial charge in [-0.3, -0.25) is 10.1 Å². The maximum atomic E-state index is 10.6. The van der Waals surface area contributed by atoms with Gasteiger partial charge in [0.15, 0.2) is 0 Å². The molecule has 5 heteroatoms. The largest absolute Gasteiger partial charge is 0.496 e. The van der Waals surface area contributed by atoms with Crippen molar-refractivity contribution in [2.24, 2.45) is 0 Å². The van der Waals surface area contributed by atoms with Gasteiger partial charge in [0, 0.05) is 23.0 Å². The van der Waals surface area contributed by atoms with Crippen LogP contribution in [0.25, 0.3) is 6.08 Å². The molecule has 0 bridgehead atoms. The Morgan fingerprint density at radius 3 is 2.87 bits per heavy atom. The topological polar surface area (TPSA) is 52.4 Å². The van der Waals surface area contributed by atoms with E-state index in [0.717, 1.165) is 0 Å². The van der Waals surface area contributed by atoms with Crippen LogP contribution in [0.15, 0.2) is 24.3 Å². The van der Waals surface area contributed by atoms with Gasteiger partial charge in [0.1, 0.15) is 5.75 Å². The molecule has 0 radical (unpaired) electrons. The van der Waals surface area contributed by atoms with Crippen LogP contribution in [0, 0.1) is 10.1 Å². The first kappa shape index (κ1) is 11.7. The molecule has 0 fully saturated rings. The van der Waals surface area contributed by atoms with Crippen LogP contribution in [-0.4, -0.2) is 17.4 Å². The summed E-state index contributed by atoms with van der Waals surface area (Å²) in [4.78, 5) is 10.1. The monoisotopic (exact) mass is 271 g/mol. The van der Waals surface area contributed by atoms with Gasteiger partial charge in [0.05, 0.1) is 12.0 Å². The molecule has 0 aliphatic heterocycles. The van der Waals surface area contributed by atoms with Gasteiger partial charge in [0.25, 0.3) is 5.69 Å². The second-order valence-corrected chi connectivity index (χ2v) is 3.39. The van der Waals surface area contributed by atoms with E-state index >= 15 is 0 Å². The Morgan fingerprint density at radius 1 is 1.60 bits per heavy atom. The van der Waals surface area contributed by atoms with Crippen LogP contribution in [0.2, 0.25) is 0 Å². The number of hydrogen-bond donors (Lipinski definition) is 0. The van der Waals surface area contributed by atoms with E-state index in [1.807, 2.05) is 6.08 Å². The highest BCUT2D eigenvalue weighted by Gasteiger charge is 2.08. The van der Waals surface area contributed by atoms with Crippen molar-refractivity contribution in [3.8, 4) is 5.75 Å². The van der Waals surface area contributed by atoms with Crippen molar-refractivity contribution in [2.45, 2.75) is 0 Å². The Morgan fingerprint density at radius 2 is 2.33 bits per heavy atom. The van der Waals surface area contributed by atoms with E-state index in [9.17, 15) is 10.1 Å². The maximum Gasteiger partial charge on any atom is 0.270 e. The van der Waals surface area contributed by atoms with Crippen molar-refractivity contribution in [1.29, 1.82) is 0 Å². The molecule has 0 saturated carbocycles. The van der Waals surface area contributed by atoms with Gasteiger partial charge in [-0.15, -0.1) is 0 Å². The van der Waals surface area contributed by atoms with E-state index in [4.69, 9.17) is 4.74 Å². The van der Waals surface area contributed by atoms with E-state index < -0.39 is 4.92 Å². The van der Waals surface area contributed by atoms with E-state index in [1.54, 1.807) is 12.1 Å². The summed E-state index contributed by atoms with van der Waals surface area (Å²) in [6.45, 7) is 0. The van der Waals surface area contributed by atoms with Gasteiger partial charge in [-0.2, -0.15) is 0 Å². The van der Waals surface area contributed by atoms with Crippen LogP contribution in [0.1, 0.15) is 5.56 Å². The Hall–Kier alpha value is -1.36. The number of non-ortho nitro benzene ring substituents is 1. The van der Waals surface area contributed by atoms with Gasteiger partial charge in [-0.25, -0.2) is 0 Å². The van der Waals surface area contributed by atoms with E-state index in [2.05, 4.69) is 15.9 Å². The summed E-state index contributed by atoms with van der Waals surface area (Å²) in [5.74, 6) is 0.623. The number of benzene rings is 1. The Bertz CT molecular complexity index is 390. The predicted molar refractivity (Wildman–Crippen MR) is 62.5 cm³/mol. The number of hydrogen-bond acceptors (Lipinski definition) is 3. The molecule has 0 spiro atoms. The third kappa shape index (κ3) is 3.06. The molecule has 4 nitrogen and oxygen atoms in total. The second kappa shape index (κ2) is 5.50. The molecule has 0 amide bonds. The molecule has 0 unspecified atom stereocenters. The first-order valence-corrected chi connectivity index (χ1v) is 5.36. The molecule has 0 aliphatic rings. The molecule has 0 heterocycles. The average molecular weight is 272 g/mol. The number of nitrogens with zero attached hydrogens (tertiary/aromatic N) is 1. The molecule has 1 rings (SSSR count). The molecule has 80 valence electrons. The van der Waals surface area contributed by atoms with Gasteiger partial charge < -0.3 is 4.74 Å². The van der Waals surface area contributed by atoms with Crippen molar-refractivity contribution < 1.29 is 9.66 Å². The van der Waals surface area contributed by atoms with E-state index in [1.165, 1.54) is 19.2 Å². The summed E-state index contributed by atoms with van der Waals surface area (Å²) >= 11 is 3.24. The zero-order valence-electron chi connectivity index (χ0n) is 8.14. The van der Waals surface area contributed by atoms with Crippen LogP contribution >= 0.6 is 15.9 Å². The number of ether oxygens (including phenoxy) is 1. The zero-order valence-corrected chi connectivity index (χ0v) is 9.73. The van der Waals surface area contributed by atoms with Crippen LogP contribution in [0.4, 0.5) is 5.69 Å². The molecule has 0 atom stereocenters. The highest BCUT2D eigenvalue weighted by Crippen LogP contribution is 2.25. The molecule has 0 aliphatic carbocycles. The summed E-state index contributed by atoms with van der Waals surface area (Å²) < 4.78 is 5.09. The SMILES string of the molecule is COc1ccc([N+](=O)[O-])cc1C=CCBr. The molecule has 0 aromatic heterocycles. The summed E-state index contributed by atoms with van der Waals surface area (Å²) in [6, 6.07) is 4.49. The molecule has 15 heavy (non-hydrogen) atoms. The van der Waals surface area contributed by atoms with Crippen molar-refractivity contribution >= 4 is 27.7 Å². The van der Waals surface area contributed by atoms with Crippen LogP contribution in [0.3, 0.4) is 0 Å². The van der Waals surface area contributed by atoms with Gasteiger partial charge >= 0.3 is 0 Å². The summed E-state index contributed by atoms with van der Waals surface area (Å²) in [7, 11) is 1.53. The quantitative estimate of drug-likeness (QED) is 0.481. The zero-order chi connectivity index (χ0) is 11.3. The van der Waals surface area contributed by atoms with Gasteiger partial charge in [-0.1, -0.05) is 28.1 Å². The Kier molecular flexibility index (Phi) is 4.30. The first-order valence-electron chi connectivity index (χ1n) is 4.24.